The molecule has 2 rings (SSSR count). The molecule has 1 saturated heterocycles. The van der Waals surface area contributed by atoms with Crippen LogP contribution in [0, 0.1) is 17.8 Å². The van der Waals surface area contributed by atoms with Gasteiger partial charge in [-0.2, -0.15) is 0 Å². The van der Waals surface area contributed by atoms with Crippen molar-refractivity contribution in [1.82, 2.24) is 10.2 Å². The van der Waals surface area contributed by atoms with E-state index in [-0.39, 0.29) is 17.4 Å². The Hall–Kier alpha value is -2.40. The number of carbonyl (C=O) groups is 2. The van der Waals surface area contributed by atoms with Crippen LogP contribution in [0.2, 0.25) is 0 Å². The molecule has 7 heteroatoms. The Labute approximate surface area is 167 Å². The van der Waals surface area contributed by atoms with E-state index in [0.717, 1.165) is 18.2 Å². The number of nitrogens with two attached hydrogens (primary N) is 1. The number of likely N-dealkylation sites (tertiary alicyclic amines) is 1. The smallest absolute Gasteiger partial charge is 0.240 e. The minimum atomic E-state index is -0.479. The van der Waals surface area contributed by atoms with Gasteiger partial charge >= 0.3 is 0 Å². The standard InChI is InChI=1S/C10H20N2O2.C10H9NO.CH4O/c1-10(2,3)8(11)9(14)12-5-4-7(13)6-12;1-2-9-3-5-10(6-4-9)7-11-8-12;1-2/h7-8,13H,4-6,11H2,1-3H3;1,3-6,8H,7H2,(H,11,12);2H,1H3. The Balaban J connectivity index is 0.000000483. The van der Waals surface area contributed by atoms with Crippen LogP contribution in [0.5, 0.6) is 0 Å². The third kappa shape index (κ3) is 9.00. The Bertz CT molecular complexity index is 633. The van der Waals surface area contributed by atoms with Gasteiger partial charge in [0.05, 0.1) is 12.1 Å². The number of amides is 2. The average Bonchev–Trinajstić information content (AvgIpc) is 3.13. The number of aliphatic hydroxyl groups is 2. The molecular formula is C21H33N3O4. The highest BCUT2D eigenvalue weighted by Crippen LogP contribution is 2.21. The zero-order valence-electron chi connectivity index (χ0n) is 17.2. The molecule has 28 heavy (non-hydrogen) atoms. The van der Waals surface area contributed by atoms with E-state index >= 15 is 0 Å². The van der Waals surface area contributed by atoms with Gasteiger partial charge in [0, 0.05) is 32.3 Å². The molecule has 1 aliphatic rings. The number of hydrogen-bond acceptors (Lipinski definition) is 5. The van der Waals surface area contributed by atoms with Gasteiger partial charge in [0.25, 0.3) is 0 Å². The molecule has 2 amide bonds. The number of hydrogen-bond donors (Lipinski definition) is 4. The lowest BCUT2D eigenvalue weighted by molar-refractivity contribution is -0.134. The fourth-order valence-corrected chi connectivity index (χ4v) is 2.39. The number of nitrogens with zero attached hydrogens (tertiary/aromatic N) is 1. The van der Waals surface area contributed by atoms with Crippen molar-refractivity contribution in [3.8, 4) is 12.3 Å². The maximum absolute atomic E-state index is 11.8. The molecule has 5 N–H and O–H groups in total. The van der Waals surface area contributed by atoms with Crippen LogP contribution in [0.15, 0.2) is 24.3 Å². The summed E-state index contributed by atoms with van der Waals surface area (Å²) in [5.41, 5.74) is 7.52. The highest BCUT2D eigenvalue weighted by molar-refractivity contribution is 5.82. The molecular weight excluding hydrogens is 358 g/mol. The van der Waals surface area contributed by atoms with Crippen LogP contribution >= 0.6 is 0 Å². The Morgan fingerprint density at radius 3 is 2.36 bits per heavy atom. The fourth-order valence-electron chi connectivity index (χ4n) is 2.39. The summed E-state index contributed by atoms with van der Waals surface area (Å²) in [6.07, 6.45) is 6.15. The molecule has 0 aliphatic carbocycles. The number of carbonyl (C=O) groups excluding carboxylic acids is 2. The highest BCUT2D eigenvalue weighted by Gasteiger charge is 2.34. The van der Waals surface area contributed by atoms with Crippen molar-refractivity contribution in [2.24, 2.45) is 11.1 Å². The molecule has 0 radical (unpaired) electrons. The molecule has 1 fully saturated rings. The number of β-amino-alcohol motifs (C(OH)–C–C–N with tert-alkyl or cyclic N) is 1. The summed E-state index contributed by atoms with van der Waals surface area (Å²) in [6, 6.07) is 7.01. The van der Waals surface area contributed by atoms with Crippen LogP contribution in [-0.4, -0.2) is 59.8 Å². The van der Waals surface area contributed by atoms with Crippen molar-refractivity contribution in [2.45, 2.75) is 45.9 Å². The molecule has 156 valence electrons. The fraction of sp³-hybridized carbons (Fsp3) is 0.524. The normalized spacial score (nSPS) is 16.5. The van der Waals surface area contributed by atoms with Gasteiger partial charge < -0.3 is 26.2 Å². The van der Waals surface area contributed by atoms with Crippen molar-refractivity contribution in [3.63, 3.8) is 0 Å². The summed E-state index contributed by atoms with van der Waals surface area (Å²) in [5.74, 6) is 2.47. The summed E-state index contributed by atoms with van der Waals surface area (Å²) in [5, 5.41) is 18.9. The lowest BCUT2D eigenvalue weighted by Gasteiger charge is -2.29. The second-order valence-corrected chi connectivity index (χ2v) is 7.41. The minimum absolute atomic E-state index is 0.0472. The maximum Gasteiger partial charge on any atom is 0.240 e. The molecule has 0 bridgehead atoms. The predicted octanol–water partition coefficient (Wildman–Crippen LogP) is 0.475. The Morgan fingerprint density at radius 2 is 1.96 bits per heavy atom. The zero-order valence-corrected chi connectivity index (χ0v) is 17.2. The highest BCUT2D eigenvalue weighted by atomic mass is 16.3. The molecule has 0 spiro atoms. The lowest BCUT2D eigenvalue weighted by Crippen LogP contribution is -2.49. The second-order valence-electron chi connectivity index (χ2n) is 7.41. The first kappa shape index (κ1) is 25.6. The van der Waals surface area contributed by atoms with Crippen molar-refractivity contribution in [1.29, 1.82) is 0 Å². The molecule has 7 nitrogen and oxygen atoms in total. The van der Waals surface area contributed by atoms with Crippen molar-refractivity contribution >= 4 is 12.3 Å². The summed E-state index contributed by atoms with van der Waals surface area (Å²) < 4.78 is 0. The lowest BCUT2D eigenvalue weighted by atomic mass is 9.86. The van der Waals surface area contributed by atoms with Gasteiger partial charge in [-0.05, 0) is 29.5 Å². The van der Waals surface area contributed by atoms with E-state index in [0.29, 0.717) is 32.5 Å². The van der Waals surface area contributed by atoms with E-state index in [9.17, 15) is 14.7 Å². The monoisotopic (exact) mass is 391 g/mol. The third-order valence-corrected chi connectivity index (χ3v) is 4.18. The minimum Gasteiger partial charge on any atom is -0.400 e. The van der Waals surface area contributed by atoms with Crippen LogP contribution in [-0.2, 0) is 16.1 Å². The topological polar surface area (TPSA) is 116 Å². The Morgan fingerprint density at radius 1 is 1.39 bits per heavy atom. The number of terminal acetylenes is 1. The van der Waals surface area contributed by atoms with E-state index in [1.54, 1.807) is 4.90 Å². The largest absolute Gasteiger partial charge is 0.400 e. The summed E-state index contributed by atoms with van der Waals surface area (Å²) >= 11 is 0. The first-order valence-electron chi connectivity index (χ1n) is 9.08. The van der Waals surface area contributed by atoms with Crippen LogP contribution < -0.4 is 11.1 Å². The molecule has 1 aromatic carbocycles. The van der Waals surface area contributed by atoms with Crippen LogP contribution in [0.25, 0.3) is 0 Å². The molecule has 2 unspecified atom stereocenters. The molecule has 1 aromatic rings. The number of benzene rings is 1. The molecule has 0 aromatic heterocycles. The Kier molecular flexibility index (Phi) is 11.8. The number of nitrogens with one attached hydrogen (secondary N) is 1. The van der Waals surface area contributed by atoms with Crippen LogP contribution in [0.4, 0.5) is 0 Å². The van der Waals surface area contributed by atoms with Crippen molar-refractivity contribution < 1.29 is 19.8 Å². The van der Waals surface area contributed by atoms with Crippen LogP contribution in [0.1, 0.15) is 38.3 Å². The van der Waals surface area contributed by atoms with E-state index in [1.165, 1.54) is 0 Å². The number of rotatable bonds is 4. The van der Waals surface area contributed by atoms with E-state index in [4.69, 9.17) is 17.3 Å². The van der Waals surface area contributed by atoms with Crippen molar-refractivity contribution in [2.75, 3.05) is 20.2 Å². The zero-order chi connectivity index (χ0) is 21.7. The second kappa shape index (κ2) is 12.9. The predicted molar refractivity (Wildman–Crippen MR) is 110 cm³/mol. The maximum atomic E-state index is 11.8. The van der Waals surface area contributed by atoms with Gasteiger partial charge in [0.15, 0.2) is 0 Å². The molecule has 1 heterocycles. The van der Waals surface area contributed by atoms with E-state index in [2.05, 4.69) is 11.2 Å². The molecule has 2 atom stereocenters. The van der Waals surface area contributed by atoms with E-state index < -0.39 is 6.04 Å². The first-order valence-corrected chi connectivity index (χ1v) is 9.08. The van der Waals surface area contributed by atoms with Gasteiger partial charge in [-0.15, -0.1) is 6.42 Å². The summed E-state index contributed by atoms with van der Waals surface area (Å²) in [7, 11) is 1.00. The first-order chi connectivity index (χ1) is 13.2. The van der Waals surface area contributed by atoms with Crippen LogP contribution in [0.3, 0.4) is 0 Å². The van der Waals surface area contributed by atoms with Gasteiger partial charge in [-0.25, -0.2) is 0 Å². The summed E-state index contributed by atoms with van der Waals surface area (Å²) in [4.78, 5) is 23.4. The van der Waals surface area contributed by atoms with E-state index in [1.807, 2.05) is 45.0 Å². The molecule has 1 aliphatic heterocycles. The van der Waals surface area contributed by atoms with Gasteiger partial charge in [-0.3, -0.25) is 9.59 Å². The van der Waals surface area contributed by atoms with Gasteiger partial charge in [0.1, 0.15) is 0 Å². The summed E-state index contributed by atoms with van der Waals surface area (Å²) in [6.45, 7) is 7.45. The quantitative estimate of drug-likeness (QED) is 0.440. The average molecular weight is 392 g/mol. The number of aliphatic hydroxyl groups excluding tert-OH is 2. The third-order valence-electron chi connectivity index (χ3n) is 4.18. The van der Waals surface area contributed by atoms with Gasteiger partial charge in [-0.1, -0.05) is 38.8 Å². The molecule has 0 saturated carbocycles. The van der Waals surface area contributed by atoms with Gasteiger partial charge in [0.2, 0.25) is 12.3 Å². The SMILES string of the molecule is C#Cc1ccc(CNC=O)cc1.CC(C)(C)C(N)C(=O)N1CCC(O)C1.CO. The van der Waals surface area contributed by atoms with Crippen molar-refractivity contribution in [3.05, 3.63) is 35.4 Å².